The largest absolute Gasteiger partial charge is 0.451 e. The first kappa shape index (κ1) is 32.1. The summed E-state index contributed by atoms with van der Waals surface area (Å²) in [4.78, 5) is 56.6. The second-order valence-electron chi connectivity index (χ2n) is 12.4. The van der Waals surface area contributed by atoms with Gasteiger partial charge in [-0.2, -0.15) is 0 Å². The van der Waals surface area contributed by atoms with Gasteiger partial charge >= 0.3 is 12.1 Å². The molecule has 0 spiro atoms. The number of alkyl carbamates (subject to hydrolysis) is 1. The average molecular weight is 656 g/mol. The number of rotatable bonds is 7. The third-order valence-electron chi connectivity index (χ3n) is 7.96. The van der Waals surface area contributed by atoms with Crippen molar-refractivity contribution in [2.24, 2.45) is 0 Å². The highest BCUT2D eigenvalue weighted by molar-refractivity contribution is 8.03. The second kappa shape index (κ2) is 13.1. The summed E-state index contributed by atoms with van der Waals surface area (Å²) in [6.45, 7) is 5.43. The van der Waals surface area contributed by atoms with Crippen LogP contribution in [0.15, 0.2) is 108 Å². The fraction of sp³-hybridized carbons (Fsp3) is 0.278. The first-order chi connectivity index (χ1) is 22.5. The number of β-lactam (4-membered cyclic amide) rings is 1. The van der Waals surface area contributed by atoms with E-state index in [1.165, 1.54) is 27.6 Å². The Morgan fingerprint density at radius 2 is 1.57 bits per heavy atom. The molecule has 0 aromatic heterocycles. The Kier molecular flexibility index (Phi) is 8.92. The summed E-state index contributed by atoms with van der Waals surface area (Å²) in [5, 5.41) is 3.73. The molecule has 6 rings (SSSR count). The van der Waals surface area contributed by atoms with Crippen molar-refractivity contribution >= 4 is 41.3 Å². The normalized spacial score (nSPS) is 21.7. The van der Waals surface area contributed by atoms with Gasteiger partial charge in [0, 0.05) is 12.1 Å². The molecule has 3 heterocycles. The van der Waals surface area contributed by atoms with E-state index in [0.717, 1.165) is 11.1 Å². The van der Waals surface area contributed by atoms with E-state index in [9.17, 15) is 23.6 Å². The molecule has 3 amide bonds. The molecule has 3 aromatic carbocycles. The van der Waals surface area contributed by atoms with E-state index in [1.54, 1.807) is 50.5 Å². The minimum absolute atomic E-state index is 0.173. The van der Waals surface area contributed by atoms with Gasteiger partial charge in [-0.3, -0.25) is 9.59 Å². The molecule has 2 saturated heterocycles. The van der Waals surface area contributed by atoms with Crippen molar-refractivity contribution in [3.05, 3.63) is 125 Å². The number of carbonyl (C=O) groups is 4. The first-order valence-corrected chi connectivity index (χ1v) is 16.2. The number of hydrogen-bond acceptors (Lipinski definition) is 7. The summed E-state index contributed by atoms with van der Waals surface area (Å²) in [6, 6.07) is 22.5. The van der Waals surface area contributed by atoms with Gasteiger partial charge in [-0.25, -0.2) is 14.0 Å². The van der Waals surface area contributed by atoms with E-state index in [-0.39, 0.29) is 18.1 Å². The van der Waals surface area contributed by atoms with Crippen LogP contribution >= 0.6 is 11.8 Å². The number of thioether (sulfide) groups is 1. The lowest BCUT2D eigenvalue weighted by Gasteiger charge is -2.51. The number of fused-ring (bicyclic) bond motifs is 1. The van der Waals surface area contributed by atoms with Crippen LogP contribution in [0.3, 0.4) is 0 Å². The quantitative estimate of drug-likeness (QED) is 0.193. The molecular weight excluding hydrogens is 621 g/mol. The lowest BCUT2D eigenvalue weighted by Crippen LogP contribution is -2.74. The Hall–Kier alpha value is -4.90. The molecule has 3 atom stereocenters. The summed E-state index contributed by atoms with van der Waals surface area (Å²) in [7, 11) is 0. The molecule has 0 bridgehead atoms. The van der Waals surface area contributed by atoms with Crippen molar-refractivity contribution in [1.29, 1.82) is 0 Å². The minimum atomic E-state index is -1.21. The molecule has 2 fully saturated rings. The Morgan fingerprint density at radius 3 is 2.19 bits per heavy atom. The van der Waals surface area contributed by atoms with Crippen molar-refractivity contribution in [1.82, 2.24) is 10.2 Å². The van der Waals surface area contributed by atoms with Crippen molar-refractivity contribution in [3.8, 4) is 0 Å². The third-order valence-corrected chi connectivity index (χ3v) is 9.15. The van der Waals surface area contributed by atoms with E-state index in [0.29, 0.717) is 17.6 Å². The molecule has 0 unspecified atom stereocenters. The van der Waals surface area contributed by atoms with E-state index in [1.807, 2.05) is 60.7 Å². The number of amides is 3. The van der Waals surface area contributed by atoms with Crippen molar-refractivity contribution in [2.75, 3.05) is 11.4 Å². The fourth-order valence-electron chi connectivity index (χ4n) is 5.82. The molecule has 3 aliphatic heterocycles. The molecule has 0 saturated carbocycles. The zero-order valence-corrected chi connectivity index (χ0v) is 26.9. The predicted molar refractivity (Wildman–Crippen MR) is 176 cm³/mol. The first-order valence-electron chi connectivity index (χ1n) is 15.3. The van der Waals surface area contributed by atoms with Crippen LogP contribution in [-0.2, 0) is 23.9 Å². The number of anilines is 1. The number of nitrogens with one attached hydrogen (secondary N) is 1. The molecule has 242 valence electrons. The van der Waals surface area contributed by atoms with E-state index in [4.69, 9.17) is 9.47 Å². The zero-order chi connectivity index (χ0) is 33.3. The van der Waals surface area contributed by atoms with Gasteiger partial charge in [0.25, 0.3) is 5.91 Å². The summed E-state index contributed by atoms with van der Waals surface area (Å²) in [5.74, 6) is -2.08. The molecule has 0 radical (unpaired) electrons. The number of hydrogen-bond donors (Lipinski definition) is 1. The van der Waals surface area contributed by atoms with Gasteiger partial charge in [-0.15, -0.1) is 11.8 Å². The van der Waals surface area contributed by atoms with Crippen LogP contribution in [0, 0.1) is 5.82 Å². The molecule has 3 aliphatic rings. The van der Waals surface area contributed by atoms with E-state index in [2.05, 4.69) is 5.32 Å². The van der Waals surface area contributed by atoms with Crippen LogP contribution in [0.1, 0.15) is 44.4 Å². The number of ether oxygens (including phenoxy) is 2. The number of esters is 1. The van der Waals surface area contributed by atoms with Crippen LogP contribution in [0.5, 0.6) is 0 Å². The fourth-order valence-corrected chi connectivity index (χ4v) is 7.01. The van der Waals surface area contributed by atoms with E-state index < -0.39 is 52.9 Å². The Morgan fingerprint density at radius 1 is 0.957 bits per heavy atom. The molecule has 11 heteroatoms. The molecule has 0 aliphatic carbocycles. The Balaban J connectivity index is 1.32. The van der Waals surface area contributed by atoms with Gasteiger partial charge in [0.05, 0.1) is 5.69 Å². The second-order valence-corrected chi connectivity index (χ2v) is 13.4. The summed E-state index contributed by atoms with van der Waals surface area (Å²) in [5.41, 5.74) is 1.64. The van der Waals surface area contributed by atoms with Crippen molar-refractivity contribution in [2.45, 2.75) is 56.4 Å². The maximum atomic E-state index is 14.6. The lowest BCUT2D eigenvalue weighted by molar-refractivity contribution is -0.164. The minimum Gasteiger partial charge on any atom is -0.451 e. The standard InChI is InChI=1S/C36H34FN3O6S/c1-36(2,3)46-35(44)38-28-32(42)40-29(34(43)45-30(22-12-6-4-7-13-22)23-14-8-5-9-15-23)25(21-47-33(28)40)20-24-18-19-39(31(24)41)27-17-11-10-16-26(27)37/h4-17,20-21,28-30,33H,18-19H2,1-3H3,(H,38,44)/t28-,29-,33-/m1/s1. The molecular formula is C36H34FN3O6S. The number of carbonyl (C=O) groups excluding carboxylic acids is 4. The lowest BCUT2D eigenvalue weighted by atomic mass is 9.95. The summed E-state index contributed by atoms with van der Waals surface area (Å²) < 4.78 is 26.1. The number of halogens is 1. The topological polar surface area (TPSA) is 105 Å². The monoisotopic (exact) mass is 655 g/mol. The van der Waals surface area contributed by atoms with Gasteiger partial charge in [0.2, 0.25) is 5.91 Å². The average Bonchev–Trinajstić information content (AvgIpc) is 3.41. The molecule has 1 N–H and O–H groups in total. The van der Waals surface area contributed by atoms with Gasteiger partial charge in [0.15, 0.2) is 12.1 Å². The number of para-hydroxylation sites is 1. The number of benzene rings is 3. The Bertz CT molecular complexity index is 1720. The predicted octanol–water partition coefficient (Wildman–Crippen LogP) is 5.88. The number of nitrogens with zero attached hydrogens (tertiary/aromatic N) is 2. The van der Waals surface area contributed by atoms with Gasteiger partial charge in [-0.1, -0.05) is 72.8 Å². The van der Waals surface area contributed by atoms with Crippen LogP contribution in [0.2, 0.25) is 0 Å². The molecule has 3 aromatic rings. The smallest absolute Gasteiger partial charge is 0.408 e. The van der Waals surface area contributed by atoms with Crippen molar-refractivity contribution in [3.63, 3.8) is 0 Å². The van der Waals surface area contributed by atoms with Crippen LogP contribution in [0.25, 0.3) is 0 Å². The van der Waals surface area contributed by atoms with Gasteiger partial charge < -0.3 is 24.6 Å². The molecule has 47 heavy (non-hydrogen) atoms. The highest BCUT2D eigenvalue weighted by atomic mass is 32.2. The zero-order valence-electron chi connectivity index (χ0n) is 26.1. The highest BCUT2D eigenvalue weighted by Gasteiger charge is 2.56. The summed E-state index contributed by atoms with van der Waals surface area (Å²) >= 11 is 1.25. The maximum Gasteiger partial charge on any atom is 0.408 e. The SMILES string of the molecule is CC(C)(C)OC(=O)N[C@@H]1C(=O)N2[C@@H](C(=O)OC(c3ccccc3)c3ccccc3)C(C=C3CCN(c4ccccc4F)C3=O)=CS[C@H]12. The van der Waals surface area contributed by atoms with Crippen molar-refractivity contribution < 1.29 is 33.0 Å². The van der Waals surface area contributed by atoms with Gasteiger partial charge in [0.1, 0.15) is 22.8 Å². The third kappa shape index (κ3) is 6.66. The van der Waals surface area contributed by atoms with E-state index >= 15 is 0 Å². The molecule has 9 nitrogen and oxygen atoms in total. The van der Waals surface area contributed by atoms with Crippen LogP contribution < -0.4 is 10.2 Å². The van der Waals surface area contributed by atoms with Crippen LogP contribution in [-0.4, -0.2) is 58.4 Å². The van der Waals surface area contributed by atoms with Gasteiger partial charge in [-0.05, 0) is 67.5 Å². The summed E-state index contributed by atoms with van der Waals surface area (Å²) in [6.07, 6.45) is 0.391. The van der Waals surface area contributed by atoms with Crippen LogP contribution in [0.4, 0.5) is 14.9 Å². The Labute approximate surface area is 276 Å². The highest BCUT2D eigenvalue weighted by Crippen LogP contribution is 2.42. The maximum absolute atomic E-state index is 14.6.